The van der Waals surface area contributed by atoms with Crippen molar-refractivity contribution in [2.24, 2.45) is 5.73 Å². The minimum absolute atomic E-state index is 0.136. The van der Waals surface area contributed by atoms with E-state index in [1.165, 1.54) is 11.1 Å². The average molecular weight is 308 g/mol. The summed E-state index contributed by atoms with van der Waals surface area (Å²) < 4.78 is 23.5. The molecule has 0 radical (unpaired) electrons. The van der Waals surface area contributed by atoms with Crippen LogP contribution in [0.2, 0.25) is 0 Å². The maximum atomic E-state index is 11.7. The molecule has 0 atom stereocenters. The van der Waals surface area contributed by atoms with Crippen LogP contribution in [-0.4, -0.2) is 43.5 Å². The zero-order chi connectivity index (χ0) is 14.9. The Hall–Kier alpha value is -0.910. The third-order valence-corrected chi connectivity index (χ3v) is 6.81. The molecule has 3 rings (SSSR count). The zero-order valence-electron chi connectivity index (χ0n) is 12.4. The maximum Gasteiger partial charge on any atom is 0.150 e. The number of nitrogens with zero attached hydrogens (tertiary/aromatic N) is 1. The Morgan fingerprint density at radius 2 is 1.81 bits per heavy atom. The van der Waals surface area contributed by atoms with Gasteiger partial charge in [0.2, 0.25) is 0 Å². The first-order valence-electron chi connectivity index (χ1n) is 7.77. The van der Waals surface area contributed by atoms with Crippen molar-refractivity contribution in [1.29, 1.82) is 0 Å². The van der Waals surface area contributed by atoms with E-state index in [1.54, 1.807) is 0 Å². The van der Waals surface area contributed by atoms with Gasteiger partial charge in [0.1, 0.15) is 9.84 Å². The third kappa shape index (κ3) is 3.00. The van der Waals surface area contributed by atoms with E-state index in [0.717, 1.165) is 25.9 Å². The number of aryl methyl sites for hydroxylation is 1. The summed E-state index contributed by atoms with van der Waals surface area (Å²) in [6.07, 6.45) is 3.57. The first kappa shape index (κ1) is 15.0. The van der Waals surface area contributed by atoms with Crippen LogP contribution in [0.3, 0.4) is 0 Å². The summed E-state index contributed by atoms with van der Waals surface area (Å²) in [7, 11) is -2.85. The second-order valence-corrected chi connectivity index (χ2v) is 8.68. The van der Waals surface area contributed by atoms with Crippen molar-refractivity contribution >= 4 is 9.84 Å². The van der Waals surface area contributed by atoms with Gasteiger partial charge in [-0.3, -0.25) is 4.90 Å². The Kier molecular flexibility index (Phi) is 4.08. The molecular weight excluding hydrogens is 284 g/mol. The summed E-state index contributed by atoms with van der Waals surface area (Å²) in [5.41, 5.74) is 8.75. The molecule has 2 heterocycles. The molecule has 2 aliphatic heterocycles. The van der Waals surface area contributed by atoms with Gasteiger partial charge >= 0.3 is 0 Å². The summed E-state index contributed by atoms with van der Waals surface area (Å²) in [5, 5.41) is 0. The van der Waals surface area contributed by atoms with Crippen LogP contribution in [0, 0.1) is 0 Å². The van der Waals surface area contributed by atoms with Gasteiger partial charge < -0.3 is 5.73 Å². The largest absolute Gasteiger partial charge is 0.329 e. The van der Waals surface area contributed by atoms with Crippen LogP contribution in [0.4, 0.5) is 0 Å². The smallest absolute Gasteiger partial charge is 0.150 e. The number of fused-ring (bicyclic) bond motifs is 1. The van der Waals surface area contributed by atoms with Crippen LogP contribution >= 0.6 is 0 Å². The number of hydrogen-bond acceptors (Lipinski definition) is 4. The number of rotatable bonds is 2. The topological polar surface area (TPSA) is 63.4 Å². The molecule has 1 fully saturated rings. The summed E-state index contributed by atoms with van der Waals surface area (Å²) in [6.45, 7) is 2.45. The Morgan fingerprint density at radius 3 is 2.48 bits per heavy atom. The van der Waals surface area contributed by atoms with Crippen molar-refractivity contribution in [3.63, 3.8) is 0 Å². The molecule has 4 nitrogen and oxygen atoms in total. The monoisotopic (exact) mass is 308 g/mol. The molecule has 0 amide bonds. The molecule has 0 saturated carbocycles. The quantitative estimate of drug-likeness (QED) is 0.895. The van der Waals surface area contributed by atoms with Gasteiger partial charge in [-0.15, -0.1) is 0 Å². The number of sulfone groups is 1. The number of benzene rings is 1. The molecule has 2 N–H and O–H groups in total. The van der Waals surface area contributed by atoms with Gasteiger partial charge in [-0.1, -0.05) is 24.3 Å². The third-order valence-electron chi connectivity index (χ3n) is 5.16. The SMILES string of the molecule is NCC1(N2CCCc3ccccc3C2)CCS(=O)(=O)CC1. The maximum absolute atomic E-state index is 11.7. The van der Waals surface area contributed by atoms with Gasteiger partial charge in [-0.2, -0.15) is 0 Å². The molecule has 5 heteroatoms. The Bertz CT molecular complexity index is 598. The highest BCUT2D eigenvalue weighted by atomic mass is 32.2. The van der Waals surface area contributed by atoms with E-state index in [1.807, 2.05) is 0 Å². The molecule has 1 aromatic rings. The average Bonchev–Trinajstić information content (AvgIpc) is 2.70. The van der Waals surface area contributed by atoms with Gasteiger partial charge in [-0.25, -0.2) is 8.42 Å². The normalized spacial score (nSPS) is 25.0. The molecule has 1 aromatic carbocycles. The standard InChI is InChI=1S/C16H24N2O2S/c17-13-16(7-10-21(19,20)11-8-16)18-9-3-6-14-4-1-2-5-15(14)12-18/h1-2,4-5H,3,6-13,17H2. The predicted octanol–water partition coefficient (Wildman–Crippen LogP) is 1.34. The van der Waals surface area contributed by atoms with Crippen molar-refractivity contribution in [2.45, 2.75) is 37.8 Å². The van der Waals surface area contributed by atoms with Crippen molar-refractivity contribution in [3.8, 4) is 0 Å². The van der Waals surface area contributed by atoms with Gasteiger partial charge in [0.25, 0.3) is 0 Å². The highest BCUT2D eigenvalue weighted by molar-refractivity contribution is 7.91. The van der Waals surface area contributed by atoms with Crippen LogP contribution in [-0.2, 0) is 22.8 Å². The lowest BCUT2D eigenvalue weighted by Crippen LogP contribution is -2.57. The summed E-state index contributed by atoms with van der Waals surface area (Å²) in [6, 6.07) is 8.58. The van der Waals surface area contributed by atoms with Gasteiger partial charge in [-0.05, 0) is 43.4 Å². The second-order valence-electron chi connectivity index (χ2n) is 6.37. The van der Waals surface area contributed by atoms with Gasteiger partial charge in [0, 0.05) is 18.6 Å². The number of nitrogens with two attached hydrogens (primary N) is 1. The highest BCUT2D eigenvalue weighted by Gasteiger charge is 2.41. The van der Waals surface area contributed by atoms with E-state index in [9.17, 15) is 8.42 Å². The molecule has 0 unspecified atom stereocenters. The summed E-state index contributed by atoms with van der Waals surface area (Å²) in [5.74, 6) is 0.560. The van der Waals surface area contributed by atoms with Crippen LogP contribution in [0.5, 0.6) is 0 Å². The van der Waals surface area contributed by atoms with Crippen LogP contribution < -0.4 is 5.73 Å². The van der Waals surface area contributed by atoms with E-state index in [-0.39, 0.29) is 17.0 Å². The van der Waals surface area contributed by atoms with Crippen molar-refractivity contribution in [3.05, 3.63) is 35.4 Å². The van der Waals surface area contributed by atoms with E-state index >= 15 is 0 Å². The Labute approximate surface area is 127 Å². The molecule has 0 aromatic heterocycles. The first-order chi connectivity index (χ1) is 10.0. The lowest BCUT2D eigenvalue weighted by atomic mass is 9.89. The second kappa shape index (κ2) is 5.71. The van der Waals surface area contributed by atoms with Crippen LogP contribution in [0.25, 0.3) is 0 Å². The molecule has 0 bridgehead atoms. The molecule has 0 spiro atoms. The van der Waals surface area contributed by atoms with Gasteiger partial charge in [0.15, 0.2) is 0 Å². The molecule has 21 heavy (non-hydrogen) atoms. The molecule has 0 aliphatic carbocycles. The summed E-state index contributed by atoms with van der Waals surface area (Å²) >= 11 is 0. The predicted molar refractivity (Wildman–Crippen MR) is 84.8 cm³/mol. The van der Waals surface area contributed by atoms with Crippen molar-refractivity contribution < 1.29 is 8.42 Å². The minimum Gasteiger partial charge on any atom is -0.329 e. The van der Waals surface area contributed by atoms with E-state index < -0.39 is 9.84 Å². The molecule has 1 saturated heterocycles. The molecule has 116 valence electrons. The molecular formula is C16H24N2O2S. The van der Waals surface area contributed by atoms with E-state index in [4.69, 9.17) is 5.73 Å². The van der Waals surface area contributed by atoms with Crippen molar-refractivity contribution in [2.75, 3.05) is 24.6 Å². The molecule has 2 aliphatic rings. The van der Waals surface area contributed by atoms with Crippen molar-refractivity contribution in [1.82, 2.24) is 4.90 Å². The van der Waals surface area contributed by atoms with Crippen LogP contribution in [0.15, 0.2) is 24.3 Å². The van der Waals surface area contributed by atoms with Crippen LogP contribution in [0.1, 0.15) is 30.4 Å². The fraction of sp³-hybridized carbons (Fsp3) is 0.625. The summed E-state index contributed by atoms with van der Waals surface area (Å²) in [4.78, 5) is 2.45. The van der Waals surface area contributed by atoms with Gasteiger partial charge in [0.05, 0.1) is 11.5 Å². The van der Waals surface area contributed by atoms with E-state index in [0.29, 0.717) is 19.4 Å². The number of hydrogen-bond donors (Lipinski definition) is 1. The fourth-order valence-electron chi connectivity index (χ4n) is 3.67. The lowest BCUT2D eigenvalue weighted by Gasteiger charge is -2.45. The Morgan fingerprint density at radius 1 is 1.14 bits per heavy atom. The lowest BCUT2D eigenvalue weighted by molar-refractivity contribution is 0.0764. The minimum atomic E-state index is -2.85. The Balaban J connectivity index is 1.85. The fourth-order valence-corrected chi connectivity index (χ4v) is 5.26. The highest BCUT2D eigenvalue weighted by Crippen LogP contribution is 2.33. The first-order valence-corrected chi connectivity index (χ1v) is 9.59. The zero-order valence-corrected chi connectivity index (χ0v) is 13.2. The van der Waals surface area contributed by atoms with E-state index in [2.05, 4.69) is 29.2 Å².